The summed E-state index contributed by atoms with van der Waals surface area (Å²) in [5, 5.41) is 18.5. The largest absolute Gasteiger partial charge is 0.393 e. The van der Waals surface area contributed by atoms with Gasteiger partial charge in [-0.3, -0.25) is 9.59 Å². The first-order valence-electron chi connectivity index (χ1n) is 12.3. The minimum absolute atomic E-state index is 0.0866. The molecule has 198 valence electrons. The lowest BCUT2D eigenvalue weighted by atomic mass is 9.62. The van der Waals surface area contributed by atoms with Crippen LogP contribution >= 0.6 is 23.2 Å². The molecular weight excluding hydrogens is 523 g/mol. The first-order chi connectivity index (χ1) is 17.3. The molecular formula is C27H29Cl2F2N3O3. The van der Waals surface area contributed by atoms with Crippen molar-refractivity contribution in [1.82, 2.24) is 10.6 Å². The molecule has 4 unspecified atom stereocenters. The fraction of sp³-hybridized carbons (Fsp3) is 0.481. The molecule has 2 aliphatic heterocycles. The lowest BCUT2D eigenvalue weighted by molar-refractivity contribution is -0.125. The molecule has 3 aliphatic rings. The predicted octanol–water partition coefficient (Wildman–Crippen LogP) is 4.66. The molecule has 4 N–H and O–H groups in total. The molecule has 5 rings (SSSR count). The number of halogens is 4. The Balaban J connectivity index is 1.73. The summed E-state index contributed by atoms with van der Waals surface area (Å²) in [5.74, 6) is -3.39. The molecule has 6 nitrogen and oxygen atoms in total. The number of benzene rings is 2. The maximum atomic E-state index is 15.7. The number of aliphatic hydroxyl groups excluding tert-OH is 1. The number of fused-ring (bicyclic) bond motifs is 2. The summed E-state index contributed by atoms with van der Waals surface area (Å²) in [6.45, 7) is 5.99. The van der Waals surface area contributed by atoms with Crippen molar-refractivity contribution < 1.29 is 23.5 Å². The van der Waals surface area contributed by atoms with E-state index in [0.29, 0.717) is 30.5 Å². The van der Waals surface area contributed by atoms with Crippen LogP contribution in [-0.2, 0) is 15.0 Å². The summed E-state index contributed by atoms with van der Waals surface area (Å²) >= 11 is 12.2. The van der Waals surface area contributed by atoms with Crippen LogP contribution in [0.1, 0.15) is 57.1 Å². The maximum Gasteiger partial charge on any atom is 0.238 e. The monoisotopic (exact) mass is 551 g/mol. The SMILES string of the molecule is CC(C)(C)CC1NC(C(=O)NC2CC(O)C2)C(c2cccc(Cl)c2F)C12C(=O)Nc1cc(Cl)c(F)cc12. The highest BCUT2D eigenvalue weighted by Crippen LogP contribution is 2.57. The average Bonchev–Trinajstić information content (AvgIpc) is 3.24. The predicted molar refractivity (Wildman–Crippen MR) is 138 cm³/mol. The normalized spacial score (nSPS) is 30.7. The number of anilines is 1. The zero-order valence-corrected chi connectivity index (χ0v) is 22.2. The Labute approximate surface area is 224 Å². The molecule has 1 spiro atoms. The molecule has 2 aromatic carbocycles. The van der Waals surface area contributed by atoms with Gasteiger partial charge in [-0.1, -0.05) is 56.1 Å². The minimum atomic E-state index is -1.53. The smallest absolute Gasteiger partial charge is 0.238 e. The van der Waals surface area contributed by atoms with Gasteiger partial charge < -0.3 is 21.1 Å². The van der Waals surface area contributed by atoms with E-state index in [-0.39, 0.29) is 27.1 Å². The van der Waals surface area contributed by atoms with E-state index >= 15 is 4.39 Å². The number of carbonyl (C=O) groups is 2. The Morgan fingerprint density at radius 3 is 2.54 bits per heavy atom. The Morgan fingerprint density at radius 1 is 1.19 bits per heavy atom. The molecule has 4 atom stereocenters. The number of hydrogen-bond acceptors (Lipinski definition) is 4. The first kappa shape index (κ1) is 26.4. The van der Waals surface area contributed by atoms with Gasteiger partial charge in [0.15, 0.2) is 0 Å². The quantitative estimate of drug-likeness (QED) is 0.444. The van der Waals surface area contributed by atoms with Crippen molar-refractivity contribution in [2.45, 2.75) is 75.6 Å². The summed E-state index contributed by atoms with van der Waals surface area (Å²) in [6, 6.07) is 5.13. The minimum Gasteiger partial charge on any atom is -0.393 e. The van der Waals surface area contributed by atoms with Gasteiger partial charge in [-0.2, -0.15) is 0 Å². The molecule has 2 heterocycles. The van der Waals surface area contributed by atoms with Gasteiger partial charge in [0, 0.05) is 23.7 Å². The van der Waals surface area contributed by atoms with Crippen LogP contribution in [0.2, 0.25) is 10.0 Å². The van der Waals surface area contributed by atoms with Crippen molar-refractivity contribution in [3.05, 3.63) is 63.1 Å². The fourth-order valence-corrected chi connectivity index (χ4v) is 6.51. The number of aliphatic hydroxyl groups is 1. The molecule has 0 radical (unpaired) electrons. The van der Waals surface area contributed by atoms with Gasteiger partial charge in [0.05, 0.1) is 22.2 Å². The molecule has 1 saturated carbocycles. The highest BCUT2D eigenvalue weighted by molar-refractivity contribution is 6.31. The van der Waals surface area contributed by atoms with Gasteiger partial charge in [-0.25, -0.2) is 8.78 Å². The lowest BCUT2D eigenvalue weighted by Crippen LogP contribution is -2.53. The first-order valence-corrected chi connectivity index (χ1v) is 13.1. The molecule has 2 fully saturated rings. The van der Waals surface area contributed by atoms with Gasteiger partial charge in [0.25, 0.3) is 0 Å². The molecule has 37 heavy (non-hydrogen) atoms. The van der Waals surface area contributed by atoms with E-state index < -0.39 is 53.0 Å². The highest BCUT2D eigenvalue weighted by atomic mass is 35.5. The van der Waals surface area contributed by atoms with Crippen molar-refractivity contribution in [2.75, 3.05) is 5.32 Å². The van der Waals surface area contributed by atoms with Gasteiger partial charge in [-0.15, -0.1) is 0 Å². The van der Waals surface area contributed by atoms with E-state index in [4.69, 9.17) is 23.2 Å². The standard InChI is InChI=1S/C27H29Cl2F2N3O3/c1-26(2,3)11-20-27(15-9-18(30)17(29)10-19(15)33-25(27)37)21(14-5-4-6-16(28)22(14)31)23(34-20)24(36)32-12-7-13(35)8-12/h4-6,9-10,12-13,20-21,23,34-35H,7-8,11H2,1-3H3,(H,32,36)(H,33,37). The van der Waals surface area contributed by atoms with Crippen molar-refractivity contribution in [3.8, 4) is 0 Å². The van der Waals surface area contributed by atoms with Crippen LogP contribution in [0.5, 0.6) is 0 Å². The number of nitrogens with one attached hydrogen (secondary N) is 3. The molecule has 0 bridgehead atoms. The average molecular weight is 552 g/mol. The zero-order chi connectivity index (χ0) is 26.9. The van der Waals surface area contributed by atoms with E-state index in [9.17, 15) is 19.1 Å². The molecule has 2 aromatic rings. The van der Waals surface area contributed by atoms with E-state index in [1.807, 2.05) is 20.8 Å². The Hall–Kier alpha value is -2.26. The Bertz CT molecular complexity index is 1280. The van der Waals surface area contributed by atoms with E-state index in [2.05, 4.69) is 16.0 Å². The van der Waals surface area contributed by atoms with Gasteiger partial charge in [-0.05, 0) is 54.0 Å². The molecule has 0 aromatic heterocycles. The van der Waals surface area contributed by atoms with Crippen LogP contribution in [0.25, 0.3) is 0 Å². The fourth-order valence-electron chi connectivity index (χ4n) is 6.16. The van der Waals surface area contributed by atoms with Crippen LogP contribution in [0, 0.1) is 17.0 Å². The van der Waals surface area contributed by atoms with Crippen molar-refractivity contribution in [2.24, 2.45) is 5.41 Å². The summed E-state index contributed by atoms with van der Waals surface area (Å²) in [7, 11) is 0. The summed E-state index contributed by atoms with van der Waals surface area (Å²) in [5.41, 5.74) is -1.10. The van der Waals surface area contributed by atoms with Crippen LogP contribution in [0.4, 0.5) is 14.5 Å². The van der Waals surface area contributed by atoms with Crippen molar-refractivity contribution >= 4 is 40.7 Å². The van der Waals surface area contributed by atoms with Gasteiger partial charge in [0.2, 0.25) is 11.8 Å². The summed E-state index contributed by atoms with van der Waals surface area (Å²) in [6.07, 6.45) is 0.772. The van der Waals surface area contributed by atoms with Crippen LogP contribution in [-0.4, -0.2) is 41.2 Å². The number of hydrogen-bond donors (Lipinski definition) is 4. The third-order valence-electron chi connectivity index (χ3n) is 7.76. The maximum absolute atomic E-state index is 15.7. The Kier molecular flexibility index (Phi) is 6.54. The lowest BCUT2D eigenvalue weighted by Gasteiger charge is -2.38. The molecule has 2 amide bonds. The Morgan fingerprint density at radius 2 is 1.89 bits per heavy atom. The highest BCUT2D eigenvalue weighted by Gasteiger charge is 2.66. The van der Waals surface area contributed by atoms with Crippen LogP contribution in [0.3, 0.4) is 0 Å². The number of carbonyl (C=O) groups excluding carboxylic acids is 2. The second-order valence-electron chi connectivity index (χ2n) is 11.5. The van der Waals surface area contributed by atoms with Crippen LogP contribution < -0.4 is 16.0 Å². The van der Waals surface area contributed by atoms with E-state index in [1.165, 1.54) is 24.3 Å². The van der Waals surface area contributed by atoms with Crippen LogP contribution in [0.15, 0.2) is 30.3 Å². The number of rotatable bonds is 4. The van der Waals surface area contributed by atoms with Gasteiger partial charge >= 0.3 is 0 Å². The van der Waals surface area contributed by atoms with E-state index in [0.717, 1.165) is 0 Å². The third-order valence-corrected chi connectivity index (χ3v) is 8.34. The van der Waals surface area contributed by atoms with Gasteiger partial charge in [0.1, 0.15) is 17.0 Å². The zero-order valence-electron chi connectivity index (χ0n) is 20.7. The van der Waals surface area contributed by atoms with Crippen molar-refractivity contribution in [1.29, 1.82) is 0 Å². The van der Waals surface area contributed by atoms with Crippen molar-refractivity contribution in [3.63, 3.8) is 0 Å². The topological polar surface area (TPSA) is 90.5 Å². The molecule has 1 saturated heterocycles. The summed E-state index contributed by atoms with van der Waals surface area (Å²) < 4.78 is 30.6. The van der Waals surface area contributed by atoms with E-state index in [1.54, 1.807) is 6.07 Å². The second-order valence-corrected chi connectivity index (χ2v) is 12.4. The molecule has 10 heteroatoms. The molecule has 1 aliphatic carbocycles. The second kappa shape index (κ2) is 9.19. The summed E-state index contributed by atoms with van der Waals surface area (Å²) in [4.78, 5) is 27.7. The number of amides is 2. The third kappa shape index (κ3) is 4.32.